The molecule has 0 N–H and O–H groups in total. The molecular formula is C26H29ClN4O4. The van der Waals surface area contributed by atoms with Crippen LogP contribution in [0.3, 0.4) is 0 Å². The van der Waals surface area contributed by atoms with E-state index in [1.54, 1.807) is 25.3 Å². The van der Waals surface area contributed by atoms with Crippen molar-refractivity contribution >= 4 is 23.6 Å². The van der Waals surface area contributed by atoms with Gasteiger partial charge in [-0.1, -0.05) is 41.0 Å². The van der Waals surface area contributed by atoms with Gasteiger partial charge in [-0.05, 0) is 43.2 Å². The zero-order valence-corrected chi connectivity index (χ0v) is 20.9. The van der Waals surface area contributed by atoms with E-state index in [2.05, 4.69) is 15.0 Å². The Bertz CT molecular complexity index is 1200. The molecule has 1 aromatic heterocycles. The number of halogens is 1. The maximum atomic E-state index is 12.7. The molecule has 0 spiro atoms. The molecule has 1 saturated heterocycles. The van der Waals surface area contributed by atoms with Crippen LogP contribution in [0.15, 0.2) is 47.0 Å². The van der Waals surface area contributed by atoms with Gasteiger partial charge in [-0.15, -0.1) is 0 Å². The maximum Gasteiger partial charge on any atom is 0.246 e. The number of piperazine rings is 1. The minimum atomic E-state index is -0.0471. The van der Waals surface area contributed by atoms with Gasteiger partial charge >= 0.3 is 0 Å². The van der Waals surface area contributed by atoms with Gasteiger partial charge < -0.3 is 18.9 Å². The molecular weight excluding hydrogens is 468 g/mol. The summed E-state index contributed by atoms with van der Waals surface area (Å²) in [6.45, 7) is 7.65. The number of hydrogen-bond acceptors (Lipinski definition) is 7. The van der Waals surface area contributed by atoms with Gasteiger partial charge in [-0.25, -0.2) is 0 Å². The van der Waals surface area contributed by atoms with Gasteiger partial charge in [0.15, 0.2) is 11.5 Å². The van der Waals surface area contributed by atoms with E-state index in [-0.39, 0.29) is 5.91 Å². The van der Waals surface area contributed by atoms with Gasteiger partial charge in [0, 0.05) is 37.8 Å². The summed E-state index contributed by atoms with van der Waals surface area (Å²) in [5, 5.41) is 4.57. The molecule has 0 aliphatic carbocycles. The Morgan fingerprint density at radius 1 is 1.20 bits per heavy atom. The Morgan fingerprint density at radius 3 is 2.69 bits per heavy atom. The molecule has 184 valence electrons. The third kappa shape index (κ3) is 6.01. The lowest BCUT2D eigenvalue weighted by molar-refractivity contribution is -0.127. The molecule has 0 atom stereocenters. The van der Waals surface area contributed by atoms with Crippen LogP contribution in [0.1, 0.15) is 23.9 Å². The van der Waals surface area contributed by atoms with E-state index < -0.39 is 0 Å². The highest BCUT2D eigenvalue weighted by molar-refractivity contribution is 6.32. The summed E-state index contributed by atoms with van der Waals surface area (Å²) in [5.41, 5.74) is 2.84. The Hall–Kier alpha value is -3.36. The van der Waals surface area contributed by atoms with Crippen LogP contribution in [0.4, 0.5) is 0 Å². The van der Waals surface area contributed by atoms with Crippen molar-refractivity contribution < 1.29 is 18.8 Å². The van der Waals surface area contributed by atoms with Gasteiger partial charge in [-0.3, -0.25) is 9.69 Å². The summed E-state index contributed by atoms with van der Waals surface area (Å²) in [6, 6.07) is 11.5. The largest absolute Gasteiger partial charge is 0.491 e. The highest BCUT2D eigenvalue weighted by Crippen LogP contribution is 2.36. The Labute approximate surface area is 210 Å². The van der Waals surface area contributed by atoms with Crippen molar-refractivity contribution in [2.75, 3.05) is 39.9 Å². The van der Waals surface area contributed by atoms with E-state index in [9.17, 15) is 4.79 Å². The first-order valence-electron chi connectivity index (χ1n) is 11.6. The molecule has 9 heteroatoms. The fraction of sp³-hybridized carbons (Fsp3) is 0.346. The molecule has 4 rings (SSSR count). The van der Waals surface area contributed by atoms with E-state index in [0.29, 0.717) is 54.5 Å². The number of amides is 1. The van der Waals surface area contributed by atoms with Crippen molar-refractivity contribution in [2.24, 2.45) is 0 Å². The first kappa shape index (κ1) is 24.8. The lowest BCUT2D eigenvalue weighted by Gasteiger charge is -2.33. The molecule has 1 fully saturated rings. The Morgan fingerprint density at radius 2 is 1.97 bits per heavy atom. The van der Waals surface area contributed by atoms with Crippen LogP contribution >= 0.6 is 11.6 Å². The van der Waals surface area contributed by atoms with Crippen molar-refractivity contribution in [3.8, 4) is 22.9 Å². The number of benzene rings is 2. The lowest BCUT2D eigenvalue weighted by Crippen LogP contribution is -2.47. The molecule has 8 nitrogen and oxygen atoms in total. The molecule has 0 bridgehead atoms. The van der Waals surface area contributed by atoms with Gasteiger partial charge in [0.2, 0.25) is 17.6 Å². The molecule has 3 aromatic rings. The second kappa shape index (κ2) is 11.4. The number of ether oxygens (including phenoxy) is 2. The van der Waals surface area contributed by atoms with Crippen molar-refractivity contribution in [3.63, 3.8) is 0 Å². The summed E-state index contributed by atoms with van der Waals surface area (Å²) in [7, 11) is 1.55. The molecule has 1 aliphatic heterocycles. The Balaban J connectivity index is 1.32. The van der Waals surface area contributed by atoms with E-state index in [0.717, 1.165) is 29.8 Å². The van der Waals surface area contributed by atoms with E-state index in [1.165, 1.54) is 0 Å². The van der Waals surface area contributed by atoms with E-state index >= 15 is 0 Å². The van der Waals surface area contributed by atoms with Gasteiger partial charge in [0.1, 0.15) is 0 Å². The average molecular weight is 497 g/mol. The molecule has 2 aromatic carbocycles. The van der Waals surface area contributed by atoms with Gasteiger partial charge in [0.05, 0.1) is 25.3 Å². The second-order valence-corrected chi connectivity index (χ2v) is 8.64. The third-order valence-electron chi connectivity index (χ3n) is 5.85. The van der Waals surface area contributed by atoms with Gasteiger partial charge in [-0.2, -0.15) is 4.98 Å². The number of aryl methyl sites for hydroxylation is 1. The molecule has 0 unspecified atom stereocenters. The van der Waals surface area contributed by atoms with Crippen molar-refractivity contribution in [1.82, 2.24) is 19.9 Å². The normalized spacial score (nSPS) is 14.5. The van der Waals surface area contributed by atoms with Crippen molar-refractivity contribution in [3.05, 3.63) is 64.5 Å². The standard InChI is InChI=1S/C26H29ClN4O4/c1-4-34-22-16-19(15-21(27)25(22)33-3)9-10-24(32)31-13-11-30(12-14-31)17-23-28-26(29-35-23)20-8-6-5-7-18(20)2/h5-10,15-16H,4,11-14,17H2,1-3H3/b10-9+. The number of methoxy groups -OCH3 is 1. The quantitative estimate of drug-likeness (QED) is 0.426. The molecule has 1 aliphatic rings. The molecule has 2 heterocycles. The van der Waals surface area contributed by atoms with Crippen LogP contribution in [0.5, 0.6) is 11.5 Å². The third-order valence-corrected chi connectivity index (χ3v) is 6.13. The monoisotopic (exact) mass is 496 g/mol. The van der Waals surface area contributed by atoms with Crippen LogP contribution in [0, 0.1) is 6.92 Å². The molecule has 0 radical (unpaired) electrons. The van der Waals surface area contributed by atoms with Crippen LogP contribution in [-0.2, 0) is 11.3 Å². The summed E-state index contributed by atoms with van der Waals surface area (Å²) < 4.78 is 16.4. The SMILES string of the molecule is CCOc1cc(/C=C/C(=O)N2CCN(Cc3nc(-c4ccccc4C)no3)CC2)cc(Cl)c1OC. The fourth-order valence-electron chi connectivity index (χ4n) is 3.99. The molecule has 35 heavy (non-hydrogen) atoms. The van der Waals surface area contributed by atoms with Crippen molar-refractivity contribution in [2.45, 2.75) is 20.4 Å². The topological polar surface area (TPSA) is 80.9 Å². The van der Waals surface area contributed by atoms with Crippen LogP contribution in [0.25, 0.3) is 17.5 Å². The van der Waals surface area contributed by atoms with Crippen LogP contribution in [0.2, 0.25) is 5.02 Å². The van der Waals surface area contributed by atoms with Crippen molar-refractivity contribution in [1.29, 1.82) is 0 Å². The van der Waals surface area contributed by atoms with Crippen LogP contribution < -0.4 is 9.47 Å². The first-order chi connectivity index (χ1) is 17.0. The van der Waals surface area contributed by atoms with E-state index in [4.69, 9.17) is 25.6 Å². The minimum Gasteiger partial charge on any atom is -0.491 e. The number of carbonyl (C=O) groups excluding carboxylic acids is 1. The predicted molar refractivity (Wildman–Crippen MR) is 135 cm³/mol. The predicted octanol–water partition coefficient (Wildman–Crippen LogP) is 4.46. The summed E-state index contributed by atoms with van der Waals surface area (Å²) in [6.07, 6.45) is 3.31. The zero-order chi connectivity index (χ0) is 24.8. The smallest absolute Gasteiger partial charge is 0.246 e. The number of nitrogens with zero attached hydrogens (tertiary/aromatic N) is 4. The molecule has 1 amide bonds. The average Bonchev–Trinajstić information content (AvgIpc) is 3.31. The van der Waals surface area contributed by atoms with Gasteiger partial charge in [0.25, 0.3) is 0 Å². The molecule has 0 saturated carbocycles. The van der Waals surface area contributed by atoms with Crippen LogP contribution in [-0.4, -0.2) is 65.7 Å². The first-order valence-corrected chi connectivity index (χ1v) is 11.9. The number of aromatic nitrogens is 2. The minimum absolute atomic E-state index is 0.0471. The highest BCUT2D eigenvalue weighted by atomic mass is 35.5. The summed E-state index contributed by atoms with van der Waals surface area (Å²) in [5.74, 6) is 2.16. The zero-order valence-electron chi connectivity index (χ0n) is 20.2. The number of rotatable bonds is 8. The lowest BCUT2D eigenvalue weighted by atomic mass is 10.1. The summed E-state index contributed by atoms with van der Waals surface area (Å²) in [4.78, 5) is 21.3. The summed E-state index contributed by atoms with van der Waals surface area (Å²) >= 11 is 6.30. The Kier molecular flexibility index (Phi) is 8.05. The highest BCUT2D eigenvalue weighted by Gasteiger charge is 2.22. The number of hydrogen-bond donors (Lipinski definition) is 0. The second-order valence-electron chi connectivity index (χ2n) is 8.23. The van der Waals surface area contributed by atoms with E-state index in [1.807, 2.05) is 49.1 Å². The fourth-order valence-corrected chi connectivity index (χ4v) is 4.28. The number of carbonyl (C=O) groups is 1. The maximum absolute atomic E-state index is 12.7.